The summed E-state index contributed by atoms with van der Waals surface area (Å²) in [4.78, 5) is 0. The zero-order chi connectivity index (χ0) is 9.40. The van der Waals surface area contributed by atoms with E-state index < -0.39 is 0 Å². The van der Waals surface area contributed by atoms with Crippen molar-refractivity contribution in [2.75, 3.05) is 0 Å². The molecule has 0 saturated carbocycles. The van der Waals surface area contributed by atoms with Gasteiger partial charge >= 0.3 is 0 Å². The maximum absolute atomic E-state index is 7.16. The highest BCUT2D eigenvalue weighted by Crippen LogP contribution is 2.09. The molecule has 1 N–H and O–H groups in total. The minimum atomic E-state index is 0.896. The summed E-state index contributed by atoms with van der Waals surface area (Å²) in [6, 6.07) is 0. The third kappa shape index (κ3) is 3.15. The molecule has 0 bridgehead atoms. The van der Waals surface area contributed by atoms with E-state index in [4.69, 9.17) is 5.41 Å². The zero-order valence-electron chi connectivity index (χ0n) is 7.51. The molecule has 12 heavy (non-hydrogen) atoms. The van der Waals surface area contributed by atoms with Gasteiger partial charge in [-0.1, -0.05) is 44.4 Å². The van der Waals surface area contributed by atoms with E-state index in [9.17, 15) is 0 Å². The van der Waals surface area contributed by atoms with E-state index in [1.807, 2.05) is 19.1 Å². The Balaban J connectivity index is 4.79. The molecule has 0 aliphatic heterocycles. The van der Waals surface area contributed by atoms with E-state index >= 15 is 0 Å². The van der Waals surface area contributed by atoms with E-state index in [-0.39, 0.29) is 0 Å². The summed E-state index contributed by atoms with van der Waals surface area (Å²) in [7, 11) is 0. The fourth-order valence-electron chi connectivity index (χ4n) is 0.889. The van der Waals surface area contributed by atoms with Gasteiger partial charge in [-0.25, -0.2) is 0 Å². The molecule has 0 aromatic rings. The molecule has 0 spiro atoms. The SMILES string of the molecule is C=C/C=C(C=C)\C(C=N)=C/CC. The molecule has 0 radical (unpaired) electrons. The number of allylic oxidation sites excluding steroid dienone is 6. The molecule has 1 nitrogen and oxygen atoms in total. The second-order valence-corrected chi connectivity index (χ2v) is 2.27. The van der Waals surface area contributed by atoms with Crippen LogP contribution in [-0.4, -0.2) is 6.21 Å². The Labute approximate surface area is 74.3 Å². The molecule has 64 valence electrons. The van der Waals surface area contributed by atoms with Crippen LogP contribution < -0.4 is 0 Å². The first-order valence-electron chi connectivity index (χ1n) is 3.96. The molecule has 0 aliphatic rings. The normalized spacial score (nSPS) is 12.4. The Morgan fingerprint density at radius 1 is 1.33 bits per heavy atom. The van der Waals surface area contributed by atoms with Crippen molar-refractivity contribution >= 4 is 6.21 Å². The van der Waals surface area contributed by atoms with Crippen molar-refractivity contribution in [2.45, 2.75) is 13.3 Å². The standard InChI is InChI=1S/C11H15N/c1-4-7-10(6-3)11(9-12)8-5-2/h4,6-9,12H,1,3,5H2,2H3/b10-7-,11-8-,12-9?. The van der Waals surface area contributed by atoms with Crippen LogP contribution in [0.5, 0.6) is 0 Å². The lowest BCUT2D eigenvalue weighted by atomic mass is 10.1. The topological polar surface area (TPSA) is 23.9 Å². The van der Waals surface area contributed by atoms with E-state index in [0.717, 1.165) is 17.6 Å². The molecule has 0 aliphatic carbocycles. The summed E-state index contributed by atoms with van der Waals surface area (Å²) in [5.41, 5.74) is 1.84. The summed E-state index contributed by atoms with van der Waals surface area (Å²) in [6.45, 7) is 9.31. The van der Waals surface area contributed by atoms with Crippen LogP contribution in [0.3, 0.4) is 0 Å². The van der Waals surface area contributed by atoms with Gasteiger partial charge in [-0.2, -0.15) is 0 Å². The van der Waals surface area contributed by atoms with Crippen LogP contribution in [0.2, 0.25) is 0 Å². The fraction of sp³-hybridized carbons (Fsp3) is 0.182. The summed E-state index contributed by atoms with van der Waals surface area (Å²) in [5.74, 6) is 0. The summed E-state index contributed by atoms with van der Waals surface area (Å²) in [5, 5.41) is 7.16. The van der Waals surface area contributed by atoms with Crippen LogP contribution in [0, 0.1) is 5.41 Å². The summed E-state index contributed by atoms with van der Waals surface area (Å²) in [6.07, 6.45) is 9.52. The van der Waals surface area contributed by atoms with Gasteiger partial charge in [-0.15, -0.1) is 0 Å². The maximum atomic E-state index is 7.16. The predicted octanol–water partition coefficient (Wildman–Crippen LogP) is 3.27. The lowest BCUT2D eigenvalue weighted by molar-refractivity contribution is 1.21. The summed E-state index contributed by atoms with van der Waals surface area (Å²) < 4.78 is 0. The highest BCUT2D eigenvalue weighted by Gasteiger charge is 1.94. The van der Waals surface area contributed by atoms with Crippen molar-refractivity contribution in [2.24, 2.45) is 0 Å². The third-order valence-electron chi connectivity index (χ3n) is 1.43. The van der Waals surface area contributed by atoms with Crippen molar-refractivity contribution in [3.8, 4) is 0 Å². The molecule has 0 rings (SSSR count). The average molecular weight is 161 g/mol. The van der Waals surface area contributed by atoms with Crippen LogP contribution in [0.25, 0.3) is 0 Å². The van der Waals surface area contributed by atoms with E-state index in [1.54, 1.807) is 12.2 Å². The van der Waals surface area contributed by atoms with Gasteiger partial charge in [-0.3, -0.25) is 0 Å². The molecule has 1 heteroatoms. The third-order valence-corrected chi connectivity index (χ3v) is 1.43. The molecule has 0 heterocycles. The number of rotatable bonds is 5. The largest absolute Gasteiger partial charge is 0.308 e. The van der Waals surface area contributed by atoms with Crippen molar-refractivity contribution in [3.05, 3.63) is 48.6 Å². The highest BCUT2D eigenvalue weighted by molar-refractivity contribution is 5.83. The molecule has 0 unspecified atom stereocenters. The lowest BCUT2D eigenvalue weighted by Gasteiger charge is -1.99. The Bertz CT molecular complexity index is 231. The van der Waals surface area contributed by atoms with Crippen molar-refractivity contribution in [1.29, 1.82) is 5.41 Å². The second-order valence-electron chi connectivity index (χ2n) is 2.27. The monoisotopic (exact) mass is 161 g/mol. The maximum Gasteiger partial charge on any atom is 0.0253 e. The molecule has 0 fully saturated rings. The first-order chi connectivity index (χ1) is 5.79. The van der Waals surface area contributed by atoms with E-state index in [1.165, 1.54) is 6.21 Å². The van der Waals surface area contributed by atoms with Gasteiger partial charge in [0, 0.05) is 6.21 Å². The lowest BCUT2D eigenvalue weighted by Crippen LogP contribution is -1.86. The number of nitrogens with one attached hydrogen (secondary N) is 1. The van der Waals surface area contributed by atoms with Gasteiger partial charge in [0.05, 0.1) is 0 Å². The molecular weight excluding hydrogens is 146 g/mol. The molecule has 0 amide bonds. The average Bonchev–Trinajstić information content (AvgIpc) is 2.11. The molecule has 0 aromatic carbocycles. The minimum absolute atomic E-state index is 0.896. The molecule has 0 atom stereocenters. The van der Waals surface area contributed by atoms with E-state index in [0.29, 0.717) is 0 Å². The smallest absolute Gasteiger partial charge is 0.0253 e. The Hall–Kier alpha value is -1.37. The van der Waals surface area contributed by atoms with Gasteiger partial charge in [0.2, 0.25) is 0 Å². The van der Waals surface area contributed by atoms with Crippen LogP contribution in [0.1, 0.15) is 13.3 Å². The Morgan fingerprint density at radius 2 is 2.00 bits per heavy atom. The van der Waals surface area contributed by atoms with Crippen molar-refractivity contribution < 1.29 is 0 Å². The number of hydrogen-bond acceptors (Lipinski definition) is 1. The first-order valence-corrected chi connectivity index (χ1v) is 3.96. The van der Waals surface area contributed by atoms with Gasteiger partial charge in [-0.05, 0) is 17.6 Å². The Morgan fingerprint density at radius 3 is 2.33 bits per heavy atom. The molecule has 0 saturated heterocycles. The van der Waals surface area contributed by atoms with Crippen molar-refractivity contribution in [3.63, 3.8) is 0 Å². The molecule has 0 aromatic heterocycles. The fourth-order valence-corrected chi connectivity index (χ4v) is 0.889. The van der Waals surface area contributed by atoms with Crippen LogP contribution >= 0.6 is 0 Å². The van der Waals surface area contributed by atoms with Crippen LogP contribution in [0.15, 0.2) is 48.6 Å². The van der Waals surface area contributed by atoms with Gasteiger partial charge in [0.1, 0.15) is 0 Å². The van der Waals surface area contributed by atoms with Crippen LogP contribution in [0.4, 0.5) is 0 Å². The van der Waals surface area contributed by atoms with Gasteiger partial charge in [0.15, 0.2) is 0 Å². The zero-order valence-corrected chi connectivity index (χ0v) is 7.51. The van der Waals surface area contributed by atoms with Crippen molar-refractivity contribution in [1.82, 2.24) is 0 Å². The number of hydrogen-bond donors (Lipinski definition) is 1. The highest BCUT2D eigenvalue weighted by atomic mass is 14.3. The predicted molar refractivity (Wildman–Crippen MR) is 55.6 cm³/mol. The molecular formula is C11H15N. The van der Waals surface area contributed by atoms with Gasteiger partial charge < -0.3 is 5.41 Å². The van der Waals surface area contributed by atoms with Gasteiger partial charge in [0.25, 0.3) is 0 Å². The van der Waals surface area contributed by atoms with Crippen LogP contribution in [-0.2, 0) is 0 Å². The van der Waals surface area contributed by atoms with E-state index in [2.05, 4.69) is 13.2 Å². The quantitative estimate of drug-likeness (QED) is 0.472. The summed E-state index contributed by atoms with van der Waals surface area (Å²) >= 11 is 0. The second kappa shape index (κ2) is 6.35. The minimum Gasteiger partial charge on any atom is -0.308 e. The Kier molecular flexibility index (Phi) is 5.62. The first kappa shape index (κ1) is 10.6.